The van der Waals surface area contributed by atoms with Crippen molar-refractivity contribution in [3.8, 4) is 11.3 Å². The van der Waals surface area contributed by atoms with Gasteiger partial charge in [0.2, 0.25) is 5.91 Å². The van der Waals surface area contributed by atoms with E-state index in [0.29, 0.717) is 48.8 Å². The normalized spacial score (nSPS) is 14.8. The van der Waals surface area contributed by atoms with E-state index in [1.807, 2.05) is 0 Å². The van der Waals surface area contributed by atoms with Crippen LogP contribution in [0.5, 0.6) is 0 Å². The lowest BCUT2D eigenvalue weighted by atomic mass is 9.95. The number of carbonyl (C=O) groups is 2. The molecular weight excluding hydrogens is 377 g/mol. The molecule has 0 unspecified atom stereocenters. The van der Waals surface area contributed by atoms with Crippen LogP contribution in [-0.4, -0.2) is 35.0 Å². The molecular formula is C21H20FN3O4. The van der Waals surface area contributed by atoms with Gasteiger partial charge in [-0.2, -0.15) is 0 Å². The van der Waals surface area contributed by atoms with E-state index in [4.69, 9.17) is 8.94 Å². The SMILES string of the molecule is Cc1cc(NC(=O)C2CCN(C(=O)c3ccc(-c4ccccc4F)o3)CC2)no1. The number of carbonyl (C=O) groups excluding carboxylic acids is 2. The summed E-state index contributed by atoms with van der Waals surface area (Å²) in [7, 11) is 0. The molecule has 7 nitrogen and oxygen atoms in total. The number of rotatable bonds is 4. The van der Waals surface area contributed by atoms with Crippen molar-refractivity contribution in [3.63, 3.8) is 0 Å². The quantitative estimate of drug-likeness (QED) is 0.722. The Labute approximate surface area is 166 Å². The molecule has 3 heterocycles. The predicted molar refractivity (Wildman–Crippen MR) is 103 cm³/mol. The van der Waals surface area contributed by atoms with Gasteiger partial charge in [0, 0.05) is 25.1 Å². The molecule has 0 atom stereocenters. The van der Waals surface area contributed by atoms with Crippen LogP contribution in [0.15, 0.2) is 51.4 Å². The molecule has 0 radical (unpaired) electrons. The number of nitrogens with zero attached hydrogens (tertiary/aromatic N) is 2. The summed E-state index contributed by atoms with van der Waals surface area (Å²) in [5, 5.41) is 6.49. The number of furan rings is 1. The van der Waals surface area contributed by atoms with Crippen LogP contribution in [0, 0.1) is 18.7 Å². The van der Waals surface area contributed by atoms with Crippen LogP contribution in [-0.2, 0) is 4.79 Å². The van der Waals surface area contributed by atoms with E-state index in [0.717, 1.165) is 0 Å². The molecule has 1 fully saturated rings. The van der Waals surface area contributed by atoms with Gasteiger partial charge in [-0.05, 0) is 44.0 Å². The minimum Gasteiger partial charge on any atom is -0.451 e. The van der Waals surface area contributed by atoms with Gasteiger partial charge in [-0.3, -0.25) is 9.59 Å². The van der Waals surface area contributed by atoms with Gasteiger partial charge in [-0.25, -0.2) is 4.39 Å². The van der Waals surface area contributed by atoms with Crippen LogP contribution in [0.2, 0.25) is 0 Å². The van der Waals surface area contributed by atoms with Crippen molar-refractivity contribution in [1.82, 2.24) is 10.1 Å². The van der Waals surface area contributed by atoms with Gasteiger partial charge < -0.3 is 19.2 Å². The highest BCUT2D eigenvalue weighted by Gasteiger charge is 2.29. The number of hydrogen-bond acceptors (Lipinski definition) is 5. The molecule has 3 aromatic rings. The van der Waals surface area contributed by atoms with Gasteiger partial charge in [-0.1, -0.05) is 17.3 Å². The molecule has 1 N–H and O–H groups in total. The molecule has 0 bridgehead atoms. The second kappa shape index (κ2) is 7.90. The third-order valence-corrected chi connectivity index (χ3v) is 4.99. The number of anilines is 1. The number of aromatic nitrogens is 1. The molecule has 0 saturated carbocycles. The lowest BCUT2D eigenvalue weighted by Gasteiger charge is -2.30. The molecule has 150 valence electrons. The first kappa shape index (κ1) is 18.9. The second-order valence-corrected chi connectivity index (χ2v) is 7.02. The minimum atomic E-state index is -0.407. The fourth-order valence-electron chi connectivity index (χ4n) is 3.41. The maximum atomic E-state index is 13.9. The van der Waals surface area contributed by atoms with Crippen LogP contribution >= 0.6 is 0 Å². The molecule has 1 aliphatic rings. The Kier molecular flexibility index (Phi) is 5.16. The Bertz CT molecular complexity index is 1030. The van der Waals surface area contributed by atoms with Gasteiger partial charge >= 0.3 is 0 Å². The number of benzene rings is 1. The van der Waals surface area contributed by atoms with E-state index in [-0.39, 0.29) is 23.5 Å². The smallest absolute Gasteiger partial charge is 0.289 e. The van der Waals surface area contributed by atoms with E-state index >= 15 is 0 Å². The van der Waals surface area contributed by atoms with Crippen molar-refractivity contribution in [2.45, 2.75) is 19.8 Å². The number of likely N-dealkylation sites (tertiary alicyclic amines) is 1. The lowest BCUT2D eigenvalue weighted by molar-refractivity contribution is -0.121. The summed E-state index contributed by atoms with van der Waals surface area (Å²) in [6.07, 6.45) is 1.07. The highest BCUT2D eigenvalue weighted by atomic mass is 19.1. The highest BCUT2D eigenvalue weighted by molar-refractivity contribution is 5.93. The van der Waals surface area contributed by atoms with Gasteiger partial charge in [0.05, 0.1) is 5.56 Å². The third kappa shape index (κ3) is 4.06. The van der Waals surface area contributed by atoms with E-state index < -0.39 is 5.82 Å². The maximum absolute atomic E-state index is 13.9. The molecule has 0 spiro atoms. The van der Waals surface area contributed by atoms with Gasteiger partial charge in [0.25, 0.3) is 5.91 Å². The number of halogens is 1. The first-order valence-corrected chi connectivity index (χ1v) is 9.39. The first-order valence-electron chi connectivity index (χ1n) is 9.39. The van der Waals surface area contributed by atoms with E-state index in [1.54, 1.807) is 48.2 Å². The Hall–Kier alpha value is -3.42. The molecule has 2 aromatic heterocycles. The zero-order valence-corrected chi connectivity index (χ0v) is 15.9. The summed E-state index contributed by atoms with van der Waals surface area (Å²) in [6, 6.07) is 11.0. The molecule has 29 heavy (non-hydrogen) atoms. The van der Waals surface area contributed by atoms with Crippen molar-refractivity contribution in [3.05, 3.63) is 59.8 Å². The van der Waals surface area contributed by atoms with Crippen LogP contribution in [0.4, 0.5) is 10.2 Å². The number of piperidine rings is 1. The Morgan fingerprint density at radius 2 is 1.93 bits per heavy atom. The highest BCUT2D eigenvalue weighted by Crippen LogP contribution is 2.27. The zero-order valence-electron chi connectivity index (χ0n) is 15.9. The van der Waals surface area contributed by atoms with Gasteiger partial charge in [-0.15, -0.1) is 0 Å². The monoisotopic (exact) mass is 397 g/mol. The predicted octanol–water partition coefficient (Wildman–Crippen LogP) is 3.87. The van der Waals surface area contributed by atoms with Crippen LogP contribution in [0.25, 0.3) is 11.3 Å². The van der Waals surface area contributed by atoms with Crippen LogP contribution in [0.3, 0.4) is 0 Å². The fraction of sp³-hybridized carbons (Fsp3) is 0.286. The largest absolute Gasteiger partial charge is 0.451 e. The van der Waals surface area contributed by atoms with Crippen LogP contribution < -0.4 is 5.32 Å². The lowest BCUT2D eigenvalue weighted by Crippen LogP contribution is -2.41. The maximum Gasteiger partial charge on any atom is 0.289 e. The molecule has 0 aliphatic carbocycles. The average molecular weight is 397 g/mol. The number of aryl methyl sites for hydroxylation is 1. The van der Waals surface area contributed by atoms with Crippen molar-refractivity contribution in [2.75, 3.05) is 18.4 Å². The summed E-state index contributed by atoms with van der Waals surface area (Å²) in [4.78, 5) is 26.7. The van der Waals surface area contributed by atoms with Crippen molar-refractivity contribution >= 4 is 17.6 Å². The van der Waals surface area contributed by atoms with Crippen LogP contribution in [0.1, 0.15) is 29.2 Å². The van der Waals surface area contributed by atoms with Gasteiger partial charge in [0.1, 0.15) is 17.3 Å². The molecule has 2 amide bonds. The molecule has 1 saturated heterocycles. The van der Waals surface area contributed by atoms with E-state index in [2.05, 4.69) is 10.5 Å². The topological polar surface area (TPSA) is 88.6 Å². The third-order valence-electron chi connectivity index (χ3n) is 4.99. The van der Waals surface area contributed by atoms with E-state index in [1.165, 1.54) is 6.07 Å². The zero-order chi connectivity index (χ0) is 20.4. The van der Waals surface area contributed by atoms with Crippen molar-refractivity contribution < 1.29 is 22.9 Å². The van der Waals surface area contributed by atoms with Crippen molar-refractivity contribution in [2.24, 2.45) is 5.92 Å². The summed E-state index contributed by atoms with van der Waals surface area (Å²) in [6.45, 7) is 2.62. The fourth-order valence-corrected chi connectivity index (χ4v) is 3.41. The molecule has 4 rings (SSSR count). The molecule has 1 aromatic carbocycles. The standard InChI is InChI=1S/C21H20FN3O4/c1-13-12-19(24-29-13)23-20(26)14-8-10-25(11-9-14)21(27)18-7-6-17(28-18)15-4-2-3-5-16(15)22/h2-7,12,14H,8-11H2,1H3,(H,23,24,26). The number of amides is 2. The number of nitrogens with one attached hydrogen (secondary N) is 1. The summed E-state index contributed by atoms with van der Waals surface area (Å²) < 4.78 is 24.4. The minimum absolute atomic E-state index is 0.134. The Morgan fingerprint density at radius 1 is 1.17 bits per heavy atom. The number of hydrogen-bond donors (Lipinski definition) is 1. The van der Waals surface area contributed by atoms with Gasteiger partial charge in [0.15, 0.2) is 11.6 Å². The summed E-state index contributed by atoms with van der Waals surface area (Å²) >= 11 is 0. The molecule has 8 heteroatoms. The van der Waals surface area contributed by atoms with E-state index in [9.17, 15) is 14.0 Å². The average Bonchev–Trinajstić information content (AvgIpc) is 3.37. The first-order chi connectivity index (χ1) is 14.0. The second-order valence-electron chi connectivity index (χ2n) is 7.02. The summed E-state index contributed by atoms with van der Waals surface area (Å²) in [5.74, 6) is 0.462. The Balaban J connectivity index is 1.36. The Morgan fingerprint density at radius 3 is 2.62 bits per heavy atom. The molecule has 1 aliphatic heterocycles. The van der Waals surface area contributed by atoms with Crippen molar-refractivity contribution in [1.29, 1.82) is 0 Å². The summed E-state index contributed by atoms with van der Waals surface area (Å²) in [5.41, 5.74) is 0.310.